The summed E-state index contributed by atoms with van der Waals surface area (Å²) in [5.74, 6) is -1.21. The van der Waals surface area contributed by atoms with Crippen LogP contribution in [0.2, 0.25) is 5.02 Å². The molecule has 0 N–H and O–H groups in total. The zero-order chi connectivity index (χ0) is 18.8. The van der Waals surface area contributed by atoms with Crippen LogP contribution in [0.15, 0.2) is 63.9 Å². The lowest BCUT2D eigenvalue weighted by Gasteiger charge is -2.29. The van der Waals surface area contributed by atoms with E-state index in [4.69, 9.17) is 11.6 Å². The highest BCUT2D eigenvalue weighted by Gasteiger charge is 2.37. The SMILES string of the molecule is CN1C(=O)C(=Cc2ccccc2Sc2ccc(Cl)cc2)C(=O)N(C)C1=O. The first-order chi connectivity index (χ1) is 12.4. The first kappa shape index (κ1) is 18.2. The van der Waals surface area contributed by atoms with Crippen molar-refractivity contribution in [3.63, 3.8) is 0 Å². The number of nitrogens with zero attached hydrogens (tertiary/aromatic N) is 2. The molecule has 1 aliphatic heterocycles. The molecule has 2 aromatic rings. The topological polar surface area (TPSA) is 57.7 Å². The molecular weight excluding hydrogens is 372 g/mol. The van der Waals surface area contributed by atoms with Crippen molar-refractivity contribution in [3.8, 4) is 0 Å². The van der Waals surface area contributed by atoms with Gasteiger partial charge in [-0.05, 0) is 42.0 Å². The number of benzene rings is 2. The van der Waals surface area contributed by atoms with Gasteiger partial charge >= 0.3 is 6.03 Å². The number of barbiturate groups is 1. The van der Waals surface area contributed by atoms with E-state index in [1.165, 1.54) is 31.9 Å². The fourth-order valence-electron chi connectivity index (χ4n) is 2.45. The zero-order valence-corrected chi connectivity index (χ0v) is 15.7. The smallest absolute Gasteiger partial charge is 0.268 e. The van der Waals surface area contributed by atoms with E-state index in [0.717, 1.165) is 25.2 Å². The number of carbonyl (C=O) groups excluding carboxylic acids is 3. The van der Waals surface area contributed by atoms with E-state index in [2.05, 4.69) is 0 Å². The van der Waals surface area contributed by atoms with Crippen molar-refractivity contribution >= 4 is 47.3 Å². The van der Waals surface area contributed by atoms with Crippen molar-refractivity contribution in [3.05, 3.63) is 64.7 Å². The van der Waals surface area contributed by atoms with E-state index in [0.29, 0.717) is 5.02 Å². The summed E-state index contributed by atoms with van der Waals surface area (Å²) in [4.78, 5) is 40.3. The van der Waals surface area contributed by atoms with Crippen molar-refractivity contribution < 1.29 is 14.4 Å². The summed E-state index contributed by atoms with van der Waals surface area (Å²) in [5.41, 5.74) is 0.680. The molecule has 0 aliphatic carbocycles. The summed E-state index contributed by atoms with van der Waals surface area (Å²) in [5, 5.41) is 0.652. The van der Waals surface area contributed by atoms with Crippen molar-refractivity contribution in [1.82, 2.24) is 9.80 Å². The molecule has 7 heteroatoms. The van der Waals surface area contributed by atoms with E-state index in [1.54, 1.807) is 12.1 Å². The van der Waals surface area contributed by atoms with Crippen LogP contribution in [0.3, 0.4) is 0 Å². The first-order valence-corrected chi connectivity index (χ1v) is 8.92. The highest BCUT2D eigenvalue weighted by molar-refractivity contribution is 7.99. The molecule has 1 heterocycles. The molecule has 0 saturated carbocycles. The maximum Gasteiger partial charge on any atom is 0.333 e. The molecule has 1 aliphatic rings. The molecule has 0 radical (unpaired) electrons. The van der Waals surface area contributed by atoms with Crippen LogP contribution in [0.25, 0.3) is 6.08 Å². The van der Waals surface area contributed by atoms with Crippen LogP contribution in [-0.4, -0.2) is 41.7 Å². The third kappa shape index (κ3) is 3.52. The summed E-state index contributed by atoms with van der Waals surface area (Å²) < 4.78 is 0. The summed E-state index contributed by atoms with van der Waals surface area (Å²) in [6.45, 7) is 0. The first-order valence-electron chi connectivity index (χ1n) is 7.72. The van der Waals surface area contributed by atoms with Gasteiger partial charge < -0.3 is 0 Å². The highest BCUT2D eigenvalue weighted by atomic mass is 35.5. The number of halogens is 1. The summed E-state index contributed by atoms with van der Waals surface area (Å²) in [6.07, 6.45) is 1.53. The minimum Gasteiger partial charge on any atom is -0.268 e. The summed E-state index contributed by atoms with van der Waals surface area (Å²) >= 11 is 7.41. The summed E-state index contributed by atoms with van der Waals surface area (Å²) in [7, 11) is 2.71. The molecular formula is C19H15ClN2O3S. The molecule has 0 spiro atoms. The zero-order valence-electron chi connectivity index (χ0n) is 14.1. The van der Waals surface area contributed by atoms with Crippen LogP contribution in [0.4, 0.5) is 4.79 Å². The Morgan fingerprint density at radius 1 is 0.885 bits per heavy atom. The minimum atomic E-state index is -0.638. The molecule has 2 aromatic carbocycles. The maximum absolute atomic E-state index is 12.4. The Morgan fingerprint density at radius 3 is 2.08 bits per heavy atom. The number of imide groups is 2. The molecule has 0 atom stereocenters. The van der Waals surface area contributed by atoms with Gasteiger partial charge in [0.1, 0.15) is 5.57 Å². The second kappa shape index (κ2) is 7.35. The molecule has 0 aromatic heterocycles. The number of urea groups is 1. The Balaban J connectivity index is 1.98. The van der Waals surface area contributed by atoms with Gasteiger partial charge in [0.05, 0.1) is 0 Å². The van der Waals surface area contributed by atoms with Crippen molar-refractivity contribution in [2.24, 2.45) is 0 Å². The molecule has 3 rings (SSSR count). The lowest BCUT2D eigenvalue weighted by atomic mass is 10.1. The monoisotopic (exact) mass is 386 g/mol. The molecule has 0 bridgehead atoms. The third-order valence-electron chi connectivity index (χ3n) is 3.90. The number of hydrogen-bond acceptors (Lipinski definition) is 4. The van der Waals surface area contributed by atoms with Crippen LogP contribution in [-0.2, 0) is 9.59 Å². The maximum atomic E-state index is 12.4. The molecule has 26 heavy (non-hydrogen) atoms. The van der Waals surface area contributed by atoms with E-state index in [-0.39, 0.29) is 5.57 Å². The molecule has 5 nitrogen and oxygen atoms in total. The largest absolute Gasteiger partial charge is 0.333 e. The highest BCUT2D eigenvalue weighted by Crippen LogP contribution is 2.32. The fraction of sp³-hybridized carbons (Fsp3) is 0.105. The Bertz CT molecular complexity index is 899. The van der Waals surface area contributed by atoms with Gasteiger partial charge in [0.15, 0.2) is 0 Å². The van der Waals surface area contributed by atoms with Gasteiger partial charge in [0.2, 0.25) is 0 Å². The van der Waals surface area contributed by atoms with Gasteiger partial charge in [-0.1, -0.05) is 41.6 Å². The fourth-order valence-corrected chi connectivity index (χ4v) is 3.50. The number of rotatable bonds is 3. The minimum absolute atomic E-state index is 0.0428. The number of likely N-dealkylation sites (N-methyl/N-ethyl adjacent to an activating group) is 2. The average Bonchev–Trinajstić information content (AvgIpc) is 2.65. The van der Waals surface area contributed by atoms with Crippen molar-refractivity contribution in [2.45, 2.75) is 9.79 Å². The Labute approximate surface area is 160 Å². The van der Waals surface area contributed by atoms with Crippen molar-refractivity contribution in [2.75, 3.05) is 14.1 Å². The molecule has 132 valence electrons. The quantitative estimate of drug-likeness (QED) is 0.592. The molecule has 1 fully saturated rings. The van der Waals surface area contributed by atoms with Crippen molar-refractivity contribution in [1.29, 1.82) is 0 Å². The van der Waals surface area contributed by atoms with Crippen LogP contribution in [0, 0.1) is 0 Å². The Morgan fingerprint density at radius 2 is 1.46 bits per heavy atom. The molecule has 1 saturated heterocycles. The Kier molecular flexibility index (Phi) is 5.15. The molecule has 4 amide bonds. The van der Waals surface area contributed by atoms with E-state index in [1.807, 2.05) is 36.4 Å². The molecule has 0 unspecified atom stereocenters. The number of hydrogen-bond donors (Lipinski definition) is 0. The standard InChI is InChI=1S/C19H15ClN2O3S/c1-21-17(23)15(18(24)22(2)19(21)25)11-12-5-3-4-6-16(12)26-14-9-7-13(20)8-10-14/h3-11H,1-2H3. The Hall–Kier alpha value is -2.57. The van der Waals surface area contributed by atoms with Gasteiger partial charge in [-0.25, -0.2) is 4.79 Å². The van der Waals surface area contributed by atoms with Crippen LogP contribution in [0.5, 0.6) is 0 Å². The van der Waals surface area contributed by atoms with Crippen LogP contribution >= 0.6 is 23.4 Å². The van der Waals surface area contributed by atoms with Crippen LogP contribution in [0.1, 0.15) is 5.56 Å². The lowest BCUT2D eigenvalue weighted by molar-refractivity contribution is -0.134. The van der Waals surface area contributed by atoms with Gasteiger partial charge in [-0.2, -0.15) is 0 Å². The second-order valence-corrected chi connectivity index (χ2v) is 7.21. The summed E-state index contributed by atoms with van der Waals surface area (Å²) in [6, 6.07) is 14.2. The third-order valence-corrected chi connectivity index (χ3v) is 5.26. The van der Waals surface area contributed by atoms with E-state index in [9.17, 15) is 14.4 Å². The number of amides is 4. The number of carbonyl (C=O) groups is 3. The predicted octanol–water partition coefficient (Wildman–Crippen LogP) is 3.93. The predicted molar refractivity (Wildman–Crippen MR) is 101 cm³/mol. The van der Waals surface area contributed by atoms with Gasteiger partial charge in [-0.3, -0.25) is 19.4 Å². The van der Waals surface area contributed by atoms with Gasteiger partial charge in [-0.15, -0.1) is 0 Å². The van der Waals surface area contributed by atoms with E-state index >= 15 is 0 Å². The lowest BCUT2D eigenvalue weighted by Crippen LogP contribution is -2.52. The van der Waals surface area contributed by atoms with Gasteiger partial charge in [0.25, 0.3) is 11.8 Å². The van der Waals surface area contributed by atoms with Gasteiger partial charge in [0, 0.05) is 28.9 Å². The van der Waals surface area contributed by atoms with Crippen LogP contribution < -0.4 is 0 Å². The normalized spacial score (nSPS) is 14.9. The second-order valence-electron chi connectivity index (χ2n) is 5.66. The van der Waals surface area contributed by atoms with E-state index < -0.39 is 17.8 Å². The average molecular weight is 387 g/mol.